The third-order valence-electron chi connectivity index (χ3n) is 6.05. The van der Waals surface area contributed by atoms with Crippen molar-refractivity contribution in [2.75, 3.05) is 4.47 Å². The third kappa shape index (κ3) is 6.80. The van der Waals surface area contributed by atoms with Crippen LogP contribution in [0.2, 0.25) is 5.02 Å². The van der Waals surface area contributed by atoms with Gasteiger partial charge in [-0.25, -0.2) is 13.8 Å². The van der Waals surface area contributed by atoms with Crippen LogP contribution in [-0.2, 0) is 30.6 Å². The van der Waals surface area contributed by atoms with Crippen LogP contribution >= 0.6 is 22.9 Å². The van der Waals surface area contributed by atoms with Gasteiger partial charge < -0.3 is 4.74 Å². The Bertz CT molecular complexity index is 2120. The SMILES string of the molecule is Cc1ccc(S(=O)(=O)ON(c2cscn2)S(=O)(=O)c2cc(Cl)c(Oc3cc(F)c(C(F)(F)F)cc3-c3ccnnc3)cc2F)cc1. The molecule has 0 aliphatic rings. The van der Waals surface area contributed by atoms with Gasteiger partial charge in [-0.05, 0) is 37.3 Å². The Kier molecular flexibility index (Phi) is 9.02. The number of nitrogens with zero attached hydrogens (tertiary/aromatic N) is 4. The van der Waals surface area contributed by atoms with Crippen LogP contribution in [0.25, 0.3) is 11.1 Å². The van der Waals surface area contributed by atoms with E-state index < -0.39 is 75.6 Å². The van der Waals surface area contributed by atoms with Crippen LogP contribution in [0.4, 0.5) is 27.8 Å². The summed E-state index contributed by atoms with van der Waals surface area (Å²) < 4.78 is 134. The van der Waals surface area contributed by atoms with Crippen molar-refractivity contribution in [2.24, 2.45) is 0 Å². The van der Waals surface area contributed by atoms with Crippen molar-refractivity contribution >= 4 is 48.9 Å². The van der Waals surface area contributed by atoms with Gasteiger partial charge in [0.2, 0.25) is 0 Å². The van der Waals surface area contributed by atoms with Crippen LogP contribution in [0.3, 0.4) is 0 Å². The third-order valence-corrected chi connectivity index (χ3v) is 9.78. The number of alkyl halides is 3. The first kappa shape index (κ1) is 33.1. The molecule has 0 aliphatic heterocycles. The smallest absolute Gasteiger partial charge is 0.419 e. The molecule has 0 aliphatic carbocycles. The van der Waals surface area contributed by atoms with Gasteiger partial charge in [-0.2, -0.15) is 40.2 Å². The quantitative estimate of drug-likeness (QED) is 0.115. The molecule has 0 spiro atoms. The summed E-state index contributed by atoms with van der Waals surface area (Å²) >= 11 is 7.11. The highest BCUT2D eigenvalue weighted by Crippen LogP contribution is 2.43. The fourth-order valence-corrected chi connectivity index (χ4v) is 7.17. The molecule has 3 aromatic carbocycles. The summed E-state index contributed by atoms with van der Waals surface area (Å²) in [6.07, 6.45) is -2.87. The highest BCUT2D eigenvalue weighted by molar-refractivity contribution is 7.94. The van der Waals surface area contributed by atoms with Gasteiger partial charge in [-0.1, -0.05) is 29.3 Å². The van der Waals surface area contributed by atoms with Gasteiger partial charge in [0.15, 0.2) is 5.82 Å². The van der Waals surface area contributed by atoms with Crippen molar-refractivity contribution in [3.63, 3.8) is 0 Å². The molecule has 2 aromatic heterocycles. The van der Waals surface area contributed by atoms with E-state index in [1.54, 1.807) is 6.92 Å². The lowest BCUT2D eigenvalue weighted by Crippen LogP contribution is -2.34. The predicted octanol–water partition coefficient (Wildman–Crippen LogP) is 7.17. The van der Waals surface area contributed by atoms with Crippen LogP contribution in [0.5, 0.6) is 11.5 Å². The predicted molar refractivity (Wildman–Crippen MR) is 155 cm³/mol. The Morgan fingerprint density at radius 2 is 1.61 bits per heavy atom. The van der Waals surface area contributed by atoms with Gasteiger partial charge in [0.1, 0.15) is 28.0 Å². The second kappa shape index (κ2) is 12.5. The molecule has 0 saturated carbocycles. The minimum atomic E-state index is -5.24. The second-order valence-electron chi connectivity index (χ2n) is 9.19. The number of benzene rings is 3. The maximum atomic E-state index is 15.5. The van der Waals surface area contributed by atoms with E-state index in [1.165, 1.54) is 35.8 Å². The van der Waals surface area contributed by atoms with E-state index in [1.807, 2.05) is 0 Å². The molecule has 0 fully saturated rings. The Morgan fingerprint density at radius 3 is 2.22 bits per heavy atom. The van der Waals surface area contributed by atoms with E-state index in [-0.39, 0.29) is 15.6 Å². The average Bonchev–Trinajstić information content (AvgIpc) is 3.52. The molecule has 2 heterocycles. The molecule has 46 heavy (non-hydrogen) atoms. The van der Waals surface area contributed by atoms with Gasteiger partial charge >= 0.3 is 16.3 Å². The summed E-state index contributed by atoms with van der Waals surface area (Å²) in [6.45, 7) is 1.69. The molecule has 5 aromatic rings. The Hall–Kier alpha value is -4.23. The van der Waals surface area contributed by atoms with E-state index >= 15 is 4.39 Å². The number of ether oxygens (including phenoxy) is 1. The maximum absolute atomic E-state index is 15.5. The summed E-state index contributed by atoms with van der Waals surface area (Å²) in [5, 5.41) is 7.63. The van der Waals surface area contributed by atoms with Crippen LogP contribution in [0.15, 0.2) is 87.7 Å². The molecule has 0 amide bonds. The molecule has 0 bridgehead atoms. The highest BCUT2D eigenvalue weighted by atomic mass is 35.5. The fourth-order valence-electron chi connectivity index (χ4n) is 3.86. The van der Waals surface area contributed by atoms with E-state index in [9.17, 15) is 34.4 Å². The number of hydrogen-bond acceptors (Lipinski definition) is 10. The molecule has 0 unspecified atom stereocenters. The molecule has 0 saturated heterocycles. The maximum Gasteiger partial charge on any atom is 0.419 e. The first-order chi connectivity index (χ1) is 21.6. The summed E-state index contributed by atoms with van der Waals surface area (Å²) in [5.74, 6) is -5.00. The van der Waals surface area contributed by atoms with Crippen LogP contribution in [0.1, 0.15) is 11.1 Å². The topological polar surface area (TPSA) is 129 Å². The lowest BCUT2D eigenvalue weighted by Gasteiger charge is -2.21. The van der Waals surface area contributed by atoms with Crippen LogP contribution < -0.4 is 9.21 Å². The molecular formula is C27H16ClF5N4O6S3. The van der Waals surface area contributed by atoms with Gasteiger partial charge in [0.05, 0.1) is 33.4 Å². The number of aryl methyl sites for hydroxylation is 1. The van der Waals surface area contributed by atoms with Crippen molar-refractivity contribution in [1.82, 2.24) is 15.2 Å². The minimum Gasteiger partial charge on any atom is -0.455 e. The molecular weight excluding hydrogens is 703 g/mol. The molecule has 19 heteroatoms. The summed E-state index contributed by atoms with van der Waals surface area (Å²) in [7, 11) is -10.0. The lowest BCUT2D eigenvalue weighted by atomic mass is 10.0. The van der Waals surface area contributed by atoms with Crippen molar-refractivity contribution < 1.29 is 47.8 Å². The minimum absolute atomic E-state index is 0.0112. The van der Waals surface area contributed by atoms with Crippen molar-refractivity contribution in [1.29, 1.82) is 0 Å². The average molecular weight is 719 g/mol. The standard InChI is InChI=1S/C27H16ClF5N4O6S3/c1-15-2-4-17(5-3-15)46(40,41)43-37(26-13-44-14-34-26)45(38,39)25-9-20(28)24(11-22(25)30)42-23-10-21(29)19(27(31,32)33)8-18(23)16-6-7-35-36-12-16/h2-14H,1H3. The van der Waals surface area contributed by atoms with Crippen LogP contribution in [0, 0.1) is 18.6 Å². The fraction of sp³-hybridized carbons (Fsp3) is 0.0741. The van der Waals surface area contributed by atoms with E-state index in [0.717, 1.165) is 29.1 Å². The lowest BCUT2D eigenvalue weighted by molar-refractivity contribution is -0.139. The number of rotatable bonds is 9. The molecule has 10 nitrogen and oxygen atoms in total. The Balaban J connectivity index is 1.56. The Morgan fingerprint density at radius 1 is 0.913 bits per heavy atom. The van der Waals surface area contributed by atoms with Crippen molar-refractivity contribution in [3.8, 4) is 22.6 Å². The molecule has 0 N–H and O–H groups in total. The zero-order valence-corrected chi connectivity index (χ0v) is 25.9. The van der Waals surface area contributed by atoms with Gasteiger partial charge in [-0.15, -0.1) is 20.1 Å². The van der Waals surface area contributed by atoms with Crippen molar-refractivity contribution in [3.05, 3.63) is 106 Å². The van der Waals surface area contributed by atoms with Gasteiger partial charge in [0.25, 0.3) is 10.0 Å². The van der Waals surface area contributed by atoms with Crippen molar-refractivity contribution in [2.45, 2.75) is 22.9 Å². The number of thiazole rings is 1. The molecule has 240 valence electrons. The zero-order valence-electron chi connectivity index (χ0n) is 22.7. The number of halogens is 6. The summed E-state index contributed by atoms with van der Waals surface area (Å²) in [5.41, 5.74) is -0.0870. The number of aromatic nitrogens is 3. The van der Waals surface area contributed by atoms with Gasteiger partial charge in [-0.3, -0.25) is 0 Å². The molecule has 5 rings (SSSR count). The number of anilines is 1. The van der Waals surface area contributed by atoms with Crippen LogP contribution in [-0.4, -0.2) is 32.0 Å². The largest absolute Gasteiger partial charge is 0.455 e. The summed E-state index contributed by atoms with van der Waals surface area (Å²) in [4.78, 5) is 2.16. The van der Waals surface area contributed by atoms with E-state index in [0.29, 0.717) is 29.8 Å². The molecule has 0 atom stereocenters. The highest BCUT2D eigenvalue weighted by Gasteiger charge is 2.37. The normalized spacial score (nSPS) is 12.2. The second-order valence-corrected chi connectivity index (χ2v) is 13.6. The molecule has 0 radical (unpaired) electrons. The monoisotopic (exact) mass is 718 g/mol. The zero-order chi connectivity index (χ0) is 33.4. The first-order valence-electron chi connectivity index (χ1n) is 12.4. The van der Waals surface area contributed by atoms with Gasteiger partial charge in [0, 0.05) is 28.6 Å². The van der Waals surface area contributed by atoms with E-state index in [2.05, 4.69) is 15.2 Å². The number of hydrogen-bond donors (Lipinski definition) is 0. The summed E-state index contributed by atoms with van der Waals surface area (Å²) in [6, 6.07) is 8.33. The van der Waals surface area contributed by atoms with E-state index in [4.69, 9.17) is 20.6 Å². The first-order valence-corrected chi connectivity index (χ1v) is 16.5. The number of sulfonamides is 1. The Labute approximate surface area is 266 Å².